The number of benzene rings is 1. The maximum absolute atomic E-state index is 13.7. The molecule has 0 saturated heterocycles. The first-order chi connectivity index (χ1) is 8.63. The molecule has 3 heteroatoms. The number of aliphatic hydroxyl groups excluding tert-OH is 1. The minimum Gasteiger partial charge on any atom is -0.388 e. The van der Waals surface area contributed by atoms with Crippen LogP contribution >= 0.6 is 0 Å². The van der Waals surface area contributed by atoms with E-state index < -0.39 is 17.7 Å². The smallest absolute Gasteiger partial charge is 0.164 e. The topological polar surface area (TPSA) is 20.2 Å². The van der Waals surface area contributed by atoms with Gasteiger partial charge in [0.15, 0.2) is 11.6 Å². The largest absolute Gasteiger partial charge is 0.388 e. The maximum atomic E-state index is 13.7. The molecule has 0 radical (unpaired) electrons. The lowest BCUT2D eigenvalue weighted by atomic mass is 9.76. The minimum atomic E-state index is -0.899. The molecule has 1 fully saturated rings. The van der Waals surface area contributed by atoms with E-state index in [1.54, 1.807) is 0 Å². The second-order valence-corrected chi connectivity index (χ2v) is 5.29. The number of rotatable bonds is 3. The molecular formula is C15H20F2O. The third-order valence-corrected chi connectivity index (χ3v) is 4.15. The summed E-state index contributed by atoms with van der Waals surface area (Å²) in [4.78, 5) is 0. The summed E-state index contributed by atoms with van der Waals surface area (Å²) in [5, 5.41) is 10.3. The van der Waals surface area contributed by atoms with Crippen LogP contribution in [0.1, 0.15) is 50.7 Å². The summed E-state index contributed by atoms with van der Waals surface area (Å²) in [5.74, 6) is -1.12. The number of hydrogen-bond acceptors (Lipinski definition) is 1. The van der Waals surface area contributed by atoms with E-state index >= 15 is 0 Å². The van der Waals surface area contributed by atoms with Crippen LogP contribution in [0.2, 0.25) is 0 Å². The second-order valence-electron chi connectivity index (χ2n) is 5.29. The van der Waals surface area contributed by atoms with Crippen molar-refractivity contribution < 1.29 is 13.9 Å². The van der Waals surface area contributed by atoms with E-state index in [0.717, 1.165) is 31.7 Å². The van der Waals surface area contributed by atoms with Crippen molar-refractivity contribution in [1.82, 2.24) is 0 Å². The number of aliphatic hydroxyl groups is 1. The lowest BCUT2D eigenvalue weighted by molar-refractivity contribution is 0.0644. The van der Waals surface area contributed by atoms with Crippen LogP contribution in [0.3, 0.4) is 0 Å². The van der Waals surface area contributed by atoms with Gasteiger partial charge in [-0.1, -0.05) is 38.3 Å². The van der Waals surface area contributed by atoms with Gasteiger partial charge in [0.05, 0.1) is 6.10 Å². The first-order valence-corrected chi connectivity index (χ1v) is 6.75. The van der Waals surface area contributed by atoms with E-state index in [1.165, 1.54) is 18.6 Å². The molecule has 1 aromatic carbocycles. The molecule has 18 heavy (non-hydrogen) atoms. The van der Waals surface area contributed by atoms with Crippen molar-refractivity contribution in [3.63, 3.8) is 0 Å². The molecule has 0 bridgehead atoms. The molecule has 1 aliphatic rings. The van der Waals surface area contributed by atoms with E-state index in [2.05, 4.69) is 6.92 Å². The summed E-state index contributed by atoms with van der Waals surface area (Å²) in [6.07, 6.45) is 4.27. The Morgan fingerprint density at radius 2 is 2.11 bits per heavy atom. The average Bonchev–Trinajstić information content (AvgIpc) is 2.41. The highest BCUT2D eigenvalue weighted by Gasteiger charge is 2.29. The molecule has 1 saturated carbocycles. The van der Waals surface area contributed by atoms with Crippen LogP contribution in [-0.2, 0) is 0 Å². The molecule has 0 heterocycles. The molecule has 3 atom stereocenters. The van der Waals surface area contributed by atoms with Crippen LogP contribution in [0.25, 0.3) is 0 Å². The standard InChI is InChI=1S/C15H20F2O/c1-2-10-5-3-6-11(9-10)15(18)12-7-4-8-13(16)14(12)17/h4,7-8,10-11,15,18H,2-3,5-6,9H2,1H3. The average molecular weight is 254 g/mol. The van der Waals surface area contributed by atoms with Gasteiger partial charge in [-0.15, -0.1) is 0 Å². The van der Waals surface area contributed by atoms with E-state index in [4.69, 9.17) is 0 Å². The lowest BCUT2D eigenvalue weighted by Crippen LogP contribution is -2.22. The Morgan fingerprint density at radius 3 is 2.83 bits per heavy atom. The molecule has 1 aromatic rings. The summed E-state index contributed by atoms with van der Waals surface area (Å²) >= 11 is 0. The van der Waals surface area contributed by atoms with Crippen LogP contribution in [0.15, 0.2) is 18.2 Å². The van der Waals surface area contributed by atoms with Gasteiger partial charge in [-0.2, -0.15) is 0 Å². The summed E-state index contributed by atoms with van der Waals surface area (Å²) in [5.41, 5.74) is 0.108. The highest BCUT2D eigenvalue weighted by atomic mass is 19.2. The Labute approximate surface area is 107 Å². The SMILES string of the molecule is CCC1CCCC(C(O)c2cccc(F)c2F)C1. The van der Waals surface area contributed by atoms with Gasteiger partial charge in [-0.3, -0.25) is 0 Å². The Hall–Kier alpha value is -0.960. The number of hydrogen-bond donors (Lipinski definition) is 1. The van der Waals surface area contributed by atoms with Crippen molar-refractivity contribution in [2.75, 3.05) is 0 Å². The predicted molar refractivity (Wildman–Crippen MR) is 67.1 cm³/mol. The molecule has 0 amide bonds. The molecule has 0 spiro atoms. The maximum Gasteiger partial charge on any atom is 0.164 e. The molecule has 1 aliphatic carbocycles. The molecule has 0 aliphatic heterocycles. The van der Waals surface area contributed by atoms with Gasteiger partial charge < -0.3 is 5.11 Å². The Balaban J connectivity index is 2.15. The molecule has 3 unspecified atom stereocenters. The highest BCUT2D eigenvalue weighted by Crippen LogP contribution is 2.39. The van der Waals surface area contributed by atoms with Crippen molar-refractivity contribution in [3.05, 3.63) is 35.4 Å². The van der Waals surface area contributed by atoms with Crippen LogP contribution in [-0.4, -0.2) is 5.11 Å². The summed E-state index contributed by atoms with van der Waals surface area (Å²) in [7, 11) is 0. The molecule has 1 nitrogen and oxygen atoms in total. The highest BCUT2D eigenvalue weighted by molar-refractivity contribution is 5.22. The quantitative estimate of drug-likeness (QED) is 0.856. The van der Waals surface area contributed by atoms with E-state index in [0.29, 0.717) is 5.92 Å². The van der Waals surface area contributed by atoms with Gasteiger partial charge in [0.2, 0.25) is 0 Å². The van der Waals surface area contributed by atoms with Crippen molar-refractivity contribution in [1.29, 1.82) is 0 Å². The zero-order valence-electron chi connectivity index (χ0n) is 10.7. The number of halogens is 2. The van der Waals surface area contributed by atoms with Crippen LogP contribution in [0.4, 0.5) is 8.78 Å². The summed E-state index contributed by atoms with van der Waals surface area (Å²) < 4.78 is 26.8. The van der Waals surface area contributed by atoms with Crippen molar-refractivity contribution in [2.45, 2.75) is 45.1 Å². The van der Waals surface area contributed by atoms with Crippen molar-refractivity contribution in [3.8, 4) is 0 Å². The van der Waals surface area contributed by atoms with Crippen LogP contribution in [0, 0.1) is 23.5 Å². The third kappa shape index (κ3) is 2.72. The van der Waals surface area contributed by atoms with Gasteiger partial charge in [0.25, 0.3) is 0 Å². The fraction of sp³-hybridized carbons (Fsp3) is 0.600. The zero-order chi connectivity index (χ0) is 13.1. The van der Waals surface area contributed by atoms with Crippen LogP contribution < -0.4 is 0 Å². The monoisotopic (exact) mass is 254 g/mol. The van der Waals surface area contributed by atoms with E-state index in [1.807, 2.05) is 0 Å². The van der Waals surface area contributed by atoms with E-state index in [-0.39, 0.29) is 11.5 Å². The zero-order valence-corrected chi connectivity index (χ0v) is 10.7. The Kier molecular flexibility index (Phi) is 4.33. The summed E-state index contributed by atoms with van der Waals surface area (Å²) in [6.45, 7) is 2.14. The molecule has 1 N–H and O–H groups in total. The van der Waals surface area contributed by atoms with Crippen LogP contribution in [0.5, 0.6) is 0 Å². The second kappa shape index (κ2) is 5.79. The molecule has 2 rings (SSSR count). The van der Waals surface area contributed by atoms with Gasteiger partial charge >= 0.3 is 0 Å². The van der Waals surface area contributed by atoms with Gasteiger partial charge in [-0.25, -0.2) is 8.78 Å². The Morgan fingerprint density at radius 1 is 1.33 bits per heavy atom. The minimum absolute atomic E-state index is 0.0556. The lowest BCUT2D eigenvalue weighted by Gasteiger charge is -2.32. The third-order valence-electron chi connectivity index (χ3n) is 4.15. The first-order valence-electron chi connectivity index (χ1n) is 6.75. The van der Waals surface area contributed by atoms with Crippen molar-refractivity contribution in [2.24, 2.45) is 11.8 Å². The molecule has 0 aromatic heterocycles. The van der Waals surface area contributed by atoms with Gasteiger partial charge in [0, 0.05) is 5.56 Å². The predicted octanol–water partition coefficient (Wildman–Crippen LogP) is 4.21. The fourth-order valence-corrected chi connectivity index (χ4v) is 2.99. The van der Waals surface area contributed by atoms with Gasteiger partial charge in [-0.05, 0) is 30.7 Å². The van der Waals surface area contributed by atoms with Crippen molar-refractivity contribution >= 4 is 0 Å². The van der Waals surface area contributed by atoms with Gasteiger partial charge in [0.1, 0.15) is 0 Å². The first kappa shape index (κ1) is 13.5. The molecular weight excluding hydrogens is 234 g/mol. The molecule has 100 valence electrons. The Bertz CT molecular complexity index is 405. The normalized spacial score (nSPS) is 26.0. The summed E-state index contributed by atoms with van der Waals surface area (Å²) in [6, 6.07) is 4.02. The van der Waals surface area contributed by atoms with E-state index in [9.17, 15) is 13.9 Å². The fourth-order valence-electron chi connectivity index (χ4n) is 2.99.